The van der Waals surface area contributed by atoms with Crippen molar-refractivity contribution in [1.29, 1.82) is 0 Å². The minimum atomic E-state index is -0.417. The molecule has 0 spiro atoms. The highest BCUT2D eigenvalue weighted by molar-refractivity contribution is 7.17. The van der Waals surface area contributed by atoms with E-state index in [1.807, 2.05) is 32.0 Å². The van der Waals surface area contributed by atoms with E-state index in [0.29, 0.717) is 22.8 Å². The molecule has 1 aromatic carbocycles. The Bertz CT molecular complexity index is 1100. The molecule has 1 aliphatic rings. The number of hydrogen-bond acceptors (Lipinski definition) is 6. The number of nitrogens with zero attached hydrogens (tertiary/aromatic N) is 3. The molecule has 1 amide bonds. The van der Waals surface area contributed by atoms with Crippen molar-refractivity contribution in [1.82, 2.24) is 14.7 Å². The number of aromatic nitrogens is 2. The predicted molar refractivity (Wildman–Crippen MR) is 121 cm³/mol. The number of fused-ring (bicyclic) bond motifs is 1. The first-order chi connectivity index (χ1) is 15.0. The Morgan fingerprint density at radius 1 is 1.26 bits per heavy atom. The molecule has 3 aromatic rings. The summed E-state index contributed by atoms with van der Waals surface area (Å²) in [6, 6.07) is 12.1. The van der Waals surface area contributed by atoms with Gasteiger partial charge in [-0.3, -0.25) is 14.4 Å². The highest BCUT2D eigenvalue weighted by atomic mass is 32.1. The normalized spacial score (nSPS) is 13.6. The van der Waals surface area contributed by atoms with Crippen LogP contribution < -0.4 is 5.32 Å². The monoisotopic (exact) mass is 438 g/mol. The third-order valence-corrected chi connectivity index (χ3v) is 6.65. The zero-order valence-electron chi connectivity index (χ0n) is 18.0. The highest BCUT2D eigenvalue weighted by Crippen LogP contribution is 2.38. The second-order valence-electron chi connectivity index (χ2n) is 7.59. The van der Waals surface area contributed by atoms with E-state index in [2.05, 4.69) is 27.4 Å². The first kappa shape index (κ1) is 21.3. The SMILES string of the molecule is CCn1nc(C(=O)Nc2sc3c(c2C(=O)OC)CCN(Cc2ccccc2)C3)cc1C. The summed E-state index contributed by atoms with van der Waals surface area (Å²) in [5.74, 6) is -0.736. The van der Waals surface area contributed by atoms with E-state index in [4.69, 9.17) is 4.74 Å². The summed E-state index contributed by atoms with van der Waals surface area (Å²) in [5.41, 5.74) is 3.97. The molecule has 31 heavy (non-hydrogen) atoms. The lowest BCUT2D eigenvalue weighted by Gasteiger charge is -2.27. The molecule has 7 nitrogen and oxygen atoms in total. The van der Waals surface area contributed by atoms with Crippen LogP contribution in [0.15, 0.2) is 36.4 Å². The molecule has 162 valence electrons. The van der Waals surface area contributed by atoms with E-state index in [0.717, 1.165) is 42.2 Å². The second-order valence-corrected chi connectivity index (χ2v) is 8.69. The lowest BCUT2D eigenvalue weighted by molar-refractivity contribution is 0.0600. The third kappa shape index (κ3) is 4.40. The summed E-state index contributed by atoms with van der Waals surface area (Å²) >= 11 is 1.45. The number of anilines is 1. The van der Waals surface area contributed by atoms with Gasteiger partial charge in [0, 0.05) is 36.8 Å². The van der Waals surface area contributed by atoms with Gasteiger partial charge in [0.05, 0.1) is 12.7 Å². The van der Waals surface area contributed by atoms with Crippen molar-refractivity contribution in [3.05, 3.63) is 69.4 Å². The van der Waals surface area contributed by atoms with Gasteiger partial charge in [-0.2, -0.15) is 5.10 Å². The number of hydrogen-bond donors (Lipinski definition) is 1. The van der Waals surface area contributed by atoms with Crippen LogP contribution in [0.5, 0.6) is 0 Å². The molecule has 8 heteroatoms. The van der Waals surface area contributed by atoms with Crippen LogP contribution in [0.25, 0.3) is 0 Å². The van der Waals surface area contributed by atoms with Gasteiger partial charge in [0.2, 0.25) is 0 Å². The fourth-order valence-corrected chi connectivity index (χ4v) is 5.22. The standard InChI is InChI=1S/C23H26N4O3S/c1-4-27-15(2)12-18(25-27)21(28)24-22-20(23(29)30-3)17-10-11-26(14-19(17)31-22)13-16-8-6-5-7-9-16/h5-9,12H,4,10-11,13-14H2,1-3H3,(H,24,28). The zero-order valence-corrected chi connectivity index (χ0v) is 18.8. The molecular formula is C23H26N4O3S. The number of aryl methyl sites for hydroxylation is 2. The number of ether oxygens (including phenoxy) is 1. The lowest BCUT2D eigenvalue weighted by atomic mass is 10.0. The van der Waals surface area contributed by atoms with Crippen LogP contribution >= 0.6 is 11.3 Å². The van der Waals surface area contributed by atoms with Gasteiger partial charge < -0.3 is 10.1 Å². The molecule has 4 rings (SSSR count). The molecule has 0 saturated heterocycles. The van der Waals surface area contributed by atoms with Gasteiger partial charge in [0.25, 0.3) is 5.91 Å². The highest BCUT2D eigenvalue weighted by Gasteiger charge is 2.29. The maximum Gasteiger partial charge on any atom is 0.341 e. The fraction of sp³-hybridized carbons (Fsp3) is 0.348. The molecule has 2 aromatic heterocycles. The molecule has 0 unspecified atom stereocenters. The molecular weight excluding hydrogens is 412 g/mol. The average molecular weight is 439 g/mol. The Morgan fingerprint density at radius 2 is 2.03 bits per heavy atom. The van der Waals surface area contributed by atoms with Gasteiger partial charge in [0.1, 0.15) is 5.00 Å². The first-order valence-corrected chi connectivity index (χ1v) is 11.2. The Balaban J connectivity index is 1.58. The van der Waals surface area contributed by atoms with Crippen molar-refractivity contribution >= 4 is 28.2 Å². The Kier molecular flexibility index (Phi) is 6.20. The zero-order chi connectivity index (χ0) is 22.0. The molecule has 0 saturated carbocycles. The van der Waals surface area contributed by atoms with E-state index in [-0.39, 0.29) is 5.91 Å². The van der Waals surface area contributed by atoms with Crippen LogP contribution in [0.2, 0.25) is 0 Å². The van der Waals surface area contributed by atoms with E-state index < -0.39 is 5.97 Å². The van der Waals surface area contributed by atoms with Gasteiger partial charge in [0.15, 0.2) is 5.69 Å². The van der Waals surface area contributed by atoms with E-state index >= 15 is 0 Å². The molecule has 0 atom stereocenters. The summed E-state index contributed by atoms with van der Waals surface area (Å²) < 4.78 is 6.81. The molecule has 3 heterocycles. The van der Waals surface area contributed by atoms with E-state index in [9.17, 15) is 9.59 Å². The fourth-order valence-electron chi connectivity index (χ4n) is 3.95. The van der Waals surface area contributed by atoms with Crippen LogP contribution in [0.3, 0.4) is 0 Å². The number of thiophene rings is 1. The summed E-state index contributed by atoms with van der Waals surface area (Å²) in [6.07, 6.45) is 0.739. The average Bonchev–Trinajstić information content (AvgIpc) is 3.33. The first-order valence-electron chi connectivity index (χ1n) is 10.3. The molecule has 1 aliphatic heterocycles. The molecule has 1 N–H and O–H groups in total. The number of amides is 1. The largest absolute Gasteiger partial charge is 0.465 e. The van der Waals surface area contributed by atoms with Crippen LogP contribution in [-0.4, -0.2) is 40.2 Å². The minimum Gasteiger partial charge on any atom is -0.465 e. The maximum atomic E-state index is 12.8. The van der Waals surface area contributed by atoms with Gasteiger partial charge >= 0.3 is 5.97 Å². The number of rotatable bonds is 6. The minimum absolute atomic E-state index is 0.319. The number of carbonyl (C=O) groups excluding carboxylic acids is 2. The summed E-state index contributed by atoms with van der Waals surface area (Å²) in [4.78, 5) is 28.8. The van der Waals surface area contributed by atoms with Crippen molar-refractivity contribution < 1.29 is 14.3 Å². The number of carbonyl (C=O) groups is 2. The van der Waals surface area contributed by atoms with Gasteiger partial charge in [-0.15, -0.1) is 11.3 Å². The van der Waals surface area contributed by atoms with Crippen LogP contribution in [0.4, 0.5) is 5.00 Å². The van der Waals surface area contributed by atoms with Crippen molar-refractivity contribution in [2.45, 2.75) is 39.9 Å². The van der Waals surface area contributed by atoms with Crippen molar-refractivity contribution in [3.8, 4) is 0 Å². The van der Waals surface area contributed by atoms with Gasteiger partial charge in [-0.1, -0.05) is 30.3 Å². The maximum absolute atomic E-state index is 12.8. The van der Waals surface area contributed by atoms with Crippen molar-refractivity contribution in [2.24, 2.45) is 0 Å². The lowest BCUT2D eigenvalue weighted by Crippen LogP contribution is -2.29. The van der Waals surface area contributed by atoms with Crippen molar-refractivity contribution in [2.75, 3.05) is 19.0 Å². The number of esters is 1. The molecule has 0 fully saturated rings. The Labute approximate surface area is 185 Å². The molecule has 0 aliphatic carbocycles. The van der Waals surface area contributed by atoms with Gasteiger partial charge in [-0.05, 0) is 37.5 Å². The topological polar surface area (TPSA) is 76.5 Å². The molecule has 0 radical (unpaired) electrons. The third-order valence-electron chi connectivity index (χ3n) is 5.51. The summed E-state index contributed by atoms with van der Waals surface area (Å²) in [5, 5.41) is 7.79. The predicted octanol–water partition coefficient (Wildman–Crippen LogP) is 3.87. The summed E-state index contributed by atoms with van der Waals surface area (Å²) in [7, 11) is 1.37. The van der Waals surface area contributed by atoms with Crippen LogP contribution in [0.1, 0.15) is 49.5 Å². The summed E-state index contributed by atoms with van der Waals surface area (Å²) in [6.45, 7) is 7.01. The second kappa shape index (κ2) is 9.03. The van der Waals surface area contributed by atoms with E-state index in [1.165, 1.54) is 24.0 Å². The Morgan fingerprint density at radius 3 is 2.71 bits per heavy atom. The van der Waals surface area contributed by atoms with Crippen molar-refractivity contribution in [3.63, 3.8) is 0 Å². The molecule has 0 bridgehead atoms. The smallest absolute Gasteiger partial charge is 0.341 e. The van der Waals surface area contributed by atoms with E-state index in [1.54, 1.807) is 10.7 Å². The van der Waals surface area contributed by atoms with Gasteiger partial charge in [-0.25, -0.2) is 4.79 Å². The number of benzene rings is 1. The Hall–Kier alpha value is -2.97. The number of methoxy groups -OCH3 is 1. The van der Waals surface area contributed by atoms with Crippen LogP contribution in [-0.2, 0) is 30.8 Å². The number of nitrogens with one attached hydrogen (secondary N) is 1. The van der Waals surface area contributed by atoms with Crippen LogP contribution in [0, 0.1) is 6.92 Å². The quantitative estimate of drug-likeness (QED) is 0.591.